The summed E-state index contributed by atoms with van der Waals surface area (Å²) in [7, 11) is 0. The van der Waals surface area contributed by atoms with Gasteiger partial charge in [0, 0.05) is 54.4 Å². The number of amides is 1. The number of ether oxygens (including phenoxy) is 1. The largest absolute Gasteiger partial charge is 0.478 e. The second-order valence-electron chi connectivity index (χ2n) is 10.2. The van der Waals surface area contributed by atoms with Crippen molar-refractivity contribution in [1.29, 1.82) is 0 Å². The van der Waals surface area contributed by atoms with Crippen molar-refractivity contribution in [3.63, 3.8) is 0 Å². The molecule has 3 atom stereocenters. The number of carbonyl (C=O) groups is 1. The average Bonchev–Trinajstić information content (AvgIpc) is 3.62. The molecule has 0 saturated carbocycles. The summed E-state index contributed by atoms with van der Waals surface area (Å²) >= 11 is 0. The van der Waals surface area contributed by atoms with Crippen molar-refractivity contribution in [2.75, 3.05) is 13.2 Å². The van der Waals surface area contributed by atoms with Crippen LogP contribution in [0, 0.1) is 11.6 Å². The van der Waals surface area contributed by atoms with Crippen LogP contribution in [0.1, 0.15) is 47.5 Å². The quantitative estimate of drug-likeness (QED) is 0.339. The minimum absolute atomic E-state index is 0.0402. The molecule has 1 unspecified atom stereocenters. The Hall–Kier alpha value is -4.00. The molecular weight excluding hydrogens is 535 g/mol. The molecule has 1 aliphatic carbocycles. The second kappa shape index (κ2) is 9.88. The first-order chi connectivity index (χ1) is 19.1. The fourth-order valence-electron chi connectivity index (χ4n) is 5.74. The van der Waals surface area contributed by atoms with Crippen LogP contribution in [0.3, 0.4) is 0 Å². The van der Waals surface area contributed by atoms with Gasteiger partial charge < -0.3 is 24.9 Å². The number of aromatic nitrogens is 4. The molecule has 2 aromatic heterocycles. The highest BCUT2D eigenvalue weighted by atomic mass is 19.4. The van der Waals surface area contributed by atoms with E-state index in [1.54, 1.807) is 0 Å². The summed E-state index contributed by atoms with van der Waals surface area (Å²) in [4.78, 5) is 17.7. The molecule has 8 nitrogen and oxygen atoms in total. The van der Waals surface area contributed by atoms with Gasteiger partial charge in [-0.25, -0.2) is 8.78 Å². The summed E-state index contributed by atoms with van der Waals surface area (Å²) in [6.45, 7) is 0.00583. The highest BCUT2D eigenvalue weighted by Crippen LogP contribution is 2.45. The van der Waals surface area contributed by atoms with E-state index in [0.717, 1.165) is 27.6 Å². The number of hydrogen-bond acceptors (Lipinski definition) is 5. The number of H-pyrrole nitrogens is 1. The Labute approximate surface area is 224 Å². The van der Waals surface area contributed by atoms with E-state index in [4.69, 9.17) is 10.5 Å². The lowest BCUT2D eigenvalue weighted by Gasteiger charge is -2.30. The van der Waals surface area contributed by atoms with Gasteiger partial charge in [0.1, 0.15) is 0 Å². The molecule has 3 N–H and O–H groups in total. The van der Waals surface area contributed by atoms with E-state index >= 15 is 0 Å². The molecule has 2 aromatic carbocycles. The monoisotopic (exact) mass is 560 g/mol. The van der Waals surface area contributed by atoms with Crippen molar-refractivity contribution in [1.82, 2.24) is 24.6 Å². The third-order valence-corrected chi connectivity index (χ3v) is 7.74. The number of hydrogen-bond donors (Lipinski definition) is 2. The van der Waals surface area contributed by atoms with Crippen LogP contribution in [0.5, 0.6) is 5.88 Å². The van der Waals surface area contributed by atoms with Crippen molar-refractivity contribution in [2.24, 2.45) is 5.73 Å². The minimum Gasteiger partial charge on any atom is -0.478 e. The minimum atomic E-state index is -4.64. The van der Waals surface area contributed by atoms with Crippen LogP contribution in [0.25, 0.3) is 10.9 Å². The second-order valence-corrected chi connectivity index (χ2v) is 10.2. The molecule has 1 amide bonds. The first-order valence-corrected chi connectivity index (χ1v) is 12.8. The Morgan fingerprint density at radius 3 is 2.60 bits per heavy atom. The van der Waals surface area contributed by atoms with Gasteiger partial charge in [-0.05, 0) is 35.7 Å². The predicted molar refractivity (Wildman–Crippen MR) is 133 cm³/mol. The maximum absolute atomic E-state index is 14.3. The zero-order valence-electron chi connectivity index (χ0n) is 21.1. The van der Waals surface area contributed by atoms with Gasteiger partial charge in [0.05, 0.1) is 13.2 Å². The third-order valence-electron chi connectivity index (χ3n) is 7.74. The highest BCUT2D eigenvalue weighted by molar-refractivity contribution is 5.81. The summed E-state index contributed by atoms with van der Waals surface area (Å²) in [5.41, 5.74) is 8.48. The Balaban J connectivity index is 1.15. The topological polar surface area (TPSA) is 102 Å². The van der Waals surface area contributed by atoms with Crippen molar-refractivity contribution >= 4 is 16.8 Å². The predicted octanol–water partition coefficient (Wildman–Crippen LogP) is 4.47. The number of para-hydroxylation sites is 1. The molecule has 0 radical (unpaired) electrons. The average molecular weight is 561 g/mol. The lowest BCUT2D eigenvalue weighted by atomic mass is 9.90. The molecule has 1 aliphatic heterocycles. The Morgan fingerprint density at radius 1 is 1.10 bits per heavy atom. The number of rotatable bonds is 6. The van der Waals surface area contributed by atoms with Gasteiger partial charge in [0.2, 0.25) is 11.7 Å². The van der Waals surface area contributed by atoms with Gasteiger partial charge >= 0.3 is 6.18 Å². The summed E-state index contributed by atoms with van der Waals surface area (Å²) in [5, 5.41) is 7.81. The van der Waals surface area contributed by atoms with Crippen LogP contribution >= 0.6 is 0 Å². The fraction of sp³-hybridized carbons (Fsp3) is 0.370. The van der Waals surface area contributed by atoms with E-state index in [-0.39, 0.29) is 50.3 Å². The Bertz CT molecular complexity index is 1550. The zero-order chi connectivity index (χ0) is 28.2. The summed E-state index contributed by atoms with van der Waals surface area (Å²) < 4.78 is 74.8. The molecule has 13 heteroatoms. The van der Waals surface area contributed by atoms with E-state index < -0.39 is 35.6 Å². The van der Waals surface area contributed by atoms with Gasteiger partial charge in [0.15, 0.2) is 23.3 Å². The molecule has 4 aromatic rings. The summed E-state index contributed by atoms with van der Waals surface area (Å²) in [5.74, 6) is -3.60. The Morgan fingerprint density at radius 2 is 1.85 bits per heavy atom. The smallest absolute Gasteiger partial charge is 0.451 e. The number of alkyl halides is 3. The van der Waals surface area contributed by atoms with Crippen LogP contribution in [0.15, 0.2) is 42.5 Å². The van der Waals surface area contributed by atoms with E-state index in [1.165, 1.54) is 4.90 Å². The van der Waals surface area contributed by atoms with Crippen LogP contribution in [-0.2, 0) is 24.1 Å². The maximum Gasteiger partial charge on any atom is 0.451 e. The summed E-state index contributed by atoms with van der Waals surface area (Å²) in [6, 6.07) is 11.1. The van der Waals surface area contributed by atoms with Crippen molar-refractivity contribution in [3.05, 3.63) is 76.9 Å². The number of benzene rings is 2. The van der Waals surface area contributed by atoms with Gasteiger partial charge in [-0.2, -0.15) is 13.2 Å². The molecule has 0 fully saturated rings. The summed E-state index contributed by atoms with van der Waals surface area (Å²) in [6.07, 6.45) is -4.35. The molecule has 3 heterocycles. The van der Waals surface area contributed by atoms with Crippen LogP contribution in [-0.4, -0.2) is 49.7 Å². The van der Waals surface area contributed by atoms with E-state index in [2.05, 4.69) is 15.2 Å². The van der Waals surface area contributed by atoms with Gasteiger partial charge in [0.25, 0.3) is 0 Å². The van der Waals surface area contributed by atoms with Gasteiger partial charge in [-0.1, -0.05) is 18.2 Å². The molecule has 0 saturated heterocycles. The number of nitrogens with two attached hydrogens (primary N) is 1. The normalized spacial score (nSPS) is 19.5. The molecule has 0 bridgehead atoms. The van der Waals surface area contributed by atoms with E-state index in [0.29, 0.717) is 23.4 Å². The lowest BCUT2D eigenvalue weighted by Crippen LogP contribution is -2.42. The number of halogens is 5. The van der Waals surface area contributed by atoms with Crippen LogP contribution in [0.2, 0.25) is 0 Å². The molecule has 210 valence electrons. The van der Waals surface area contributed by atoms with Crippen molar-refractivity contribution < 1.29 is 31.5 Å². The number of nitrogens with one attached hydrogen (secondary N) is 1. The molecule has 0 spiro atoms. The number of fused-ring (bicyclic) bond motifs is 3. The van der Waals surface area contributed by atoms with E-state index in [9.17, 15) is 26.7 Å². The maximum atomic E-state index is 14.3. The number of aromatic amines is 1. The fourth-order valence-corrected chi connectivity index (χ4v) is 5.74. The van der Waals surface area contributed by atoms with Gasteiger partial charge in [-0.15, -0.1) is 10.2 Å². The lowest BCUT2D eigenvalue weighted by molar-refractivity contribution is -0.148. The molecule has 2 aliphatic rings. The Kier molecular flexibility index (Phi) is 6.48. The van der Waals surface area contributed by atoms with Gasteiger partial charge in [-0.3, -0.25) is 4.79 Å². The van der Waals surface area contributed by atoms with Crippen LogP contribution < -0.4 is 10.5 Å². The third kappa shape index (κ3) is 4.78. The van der Waals surface area contributed by atoms with Crippen molar-refractivity contribution in [2.45, 2.75) is 50.0 Å². The molecule has 6 rings (SSSR count). The number of carbonyl (C=O) groups excluding carboxylic acids is 1. The number of nitrogens with zero attached hydrogens (tertiary/aromatic N) is 4. The highest BCUT2D eigenvalue weighted by Gasteiger charge is 2.41. The van der Waals surface area contributed by atoms with E-state index in [1.807, 2.05) is 30.3 Å². The SMILES string of the molecule is N[C@@H](CC(=O)N1CCn2c(nnc2C(F)(F)F)C1)C1C[C@H](COc2cc3ccccc3[nH]2)c2cc(F)c(F)cc21. The first kappa shape index (κ1) is 26.2. The first-order valence-electron chi connectivity index (χ1n) is 12.8. The molecule has 40 heavy (non-hydrogen) atoms. The zero-order valence-corrected chi connectivity index (χ0v) is 21.1. The van der Waals surface area contributed by atoms with Crippen LogP contribution in [0.4, 0.5) is 22.0 Å². The molecular formula is C27H25F5N6O2. The van der Waals surface area contributed by atoms with Crippen molar-refractivity contribution in [3.8, 4) is 5.88 Å². The standard InChI is InChI=1S/C27H25F5N6O2/c28-19-9-16-15(13-40-24-8-14-3-1-2-4-22(14)34-24)7-18(17(16)10-20(19)29)21(33)11-25(39)37-5-6-38-23(12-37)35-36-26(38)27(30,31)32/h1-4,8-10,15,18,21,34H,5-7,11-13,33H2/t15-,18?,21+/m1/s1.